The van der Waals surface area contributed by atoms with E-state index in [9.17, 15) is 4.79 Å². The van der Waals surface area contributed by atoms with Gasteiger partial charge in [0.2, 0.25) is 5.91 Å². The number of amides is 1. The molecule has 1 heterocycles. The van der Waals surface area contributed by atoms with Gasteiger partial charge in [0.25, 0.3) is 0 Å². The van der Waals surface area contributed by atoms with Crippen LogP contribution in [-0.2, 0) is 4.79 Å². The molecule has 1 aromatic carbocycles. The van der Waals surface area contributed by atoms with Crippen molar-refractivity contribution in [3.8, 4) is 0 Å². The number of aromatic nitrogens is 1. The molecule has 0 aliphatic rings. The summed E-state index contributed by atoms with van der Waals surface area (Å²) in [6.45, 7) is 6.27. The molecular formula is C15H18ClN3O. The number of hydrogen-bond donors (Lipinski definition) is 2. The molecule has 0 atom stereocenters. The Labute approximate surface area is 123 Å². The second kappa shape index (κ2) is 5.77. The smallest absolute Gasteiger partial charge is 0.238 e. The van der Waals surface area contributed by atoms with E-state index in [1.165, 1.54) is 0 Å². The maximum Gasteiger partial charge on any atom is 0.238 e. The van der Waals surface area contributed by atoms with Crippen molar-refractivity contribution in [3.63, 3.8) is 0 Å². The Balaban J connectivity index is 2.19. The minimum absolute atomic E-state index is 0.105. The first-order valence-corrected chi connectivity index (χ1v) is 6.82. The third-order valence-electron chi connectivity index (χ3n) is 2.72. The van der Waals surface area contributed by atoms with Gasteiger partial charge < -0.3 is 10.6 Å². The van der Waals surface area contributed by atoms with Crippen LogP contribution in [0.4, 0.5) is 5.69 Å². The molecule has 2 aromatic rings. The van der Waals surface area contributed by atoms with Crippen molar-refractivity contribution in [3.05, 3.63) is 35.5 Å². The van der Waals surface area contributed by atoms with Gasteiger partial charge in [-0.2, -0.15) is 0 Å². The molecule has 2 rings (SSSR count). The van der Waals surface area contributed by atoms with Crippen LogP contribution >= 0.6 is 11.6 Å². The number of fused-ring (bicyclic) bond motifs is 1. The van der Waals surface area contributed by atoms with Crippen LogP contribution in [0.15, 0.2) is 30.5 Å². The number of anilines is 1. The molecule has 1 aromatic heterocycles. The number of pyridine rings is 1. The molecule has 0 aliphatic carbocycles. The first kappa shape index (κ1) is 14.8. The fourth-order valence-corrected chi connectivity index (χ4v) is 2.02. The molecule has 20 heavy (non-hydrogen) atoms. The van der Waals surface area contributed by atoms with E-state index in [0.717, 1.165) is 10.9 Å². The van der Waals surface area contributed by atoms with Crippen molar-refractivity contribution in [2.75, 3.05) is 11.9 Å². The summed E-state index contributed by atoms with van der Waals surface area (Å²) in [6.07, 6.45) is 1.69. The number of carbonyl (C=O) groups excluding carboxylic acids is 1. The van der Waals surface area contributed by atoms with Crippen molar-refractivity contribution in [1.82, 2.24) is 10.3 Å². The third kappa shape index (κ3) is 3.92. The lowest BCUT2D eigenvalue weighted by atomic mass is 10.1. The van der Waals surface area contributed by atoms with E-state index >= 15 is 0 Å². The van der Waals surface area contributed by atoms with Crippen LogP contribution in [0.5, 0.6) is 0 Å². The summed E-state index contributed by atoms with van der Waals surface area (Å²) in [4.78, 5) is 16.3. The minimum Gasteiger partial charge on any atom is -0.323 e. The molecule has 0 radical (unpaired) electrons. The van der Waals surface area contributed by atoms with Crippen molar-refractivity contribution < 1.29 is 4.79 Å². The van der Waals surface area contributed by atoms with Crippen LogP contribution in [0.3, 0.4) is 0 Å². The topological polar surface area (TPSA) is 54.0 Å². The highest BCUT2D eigenvalue weighted by Crippen LogP contribution is 2.26. The second-order valence-electron chi connectivity index (χ2n) is 5.68. The number of hydrogen-bond acceptors (Lipinski definition) is 3. The number of benzene rings is 1. The summed E-state index contributed by atoms with van der Waals surface area (Å²) in [5, 5.41) is 7.46. The van der Waals surface area contributed by atoms with Crippen LogP contribution in [0.2, 0.25) is 5.02 Å². The molecule has 0 spiro atoms. The van der Waals surface area contributed by atoms with Gasteiger partial charge in [0.1, 0.15) is 0 Å². The molecule has 2 N–H and O–H groups in total. The summed E-state index contributed by atoms with van der Waals surface area (Å²) in [7, 11) is 0. The highest BCUT2D eigenvalue weighted by molar-refractivity contribution is 6.32. The quantitative estimate of drug-likeness (QED) is 0.913. The lowest BCUT2D eigenvalue weighted by Crippen LogP contribution is -2.41. The maximum atomic E-state index is 12.0. The minimum atomic E-state index is -0.117. The zero-order valence-electron chi connectivity index (χ0n) is 11.8. The molecule has 0 bridgehead atoms. The monoisotopic (exact) mass is 291 g/mol. The lowest BCUT2D eigenvalue weighted by molar-refractivity contribution is -0.115. The Bertz CT molecular complexity index is 635. The van der Waals surface area contributed by atoms with E-state index in [2.05, 4.69) is 15.6 Å². The summed E-state index contributed by atoms with van der Waals surface area (Å²) < 4.78 is 0. The summed E-state index contributed by atoms with van der Waals surface area (Å²) in [6, 6.07) is 7.29. The first-order valence-electron chi connectivity index (χ1n) is 6.44. The molecule has 106 valence electrons. The zero-order chi connectivity index (χ0) is 14.8. The van der Waals surface area contributed by atoms with Gasteiger partial charge in [-0.3, -0.25) is 9.78 Å². The third-order valence-corrected chi connectivity index (χ3v) is 2.94. The van der Waals surface area contributed by atoms with Crippen LogP contribution < -0.4 is 10.6 Å². The number of carbonyl (C=O) groups is 1. The van der Waals surface area contributed by atoms with Crippen LogP contribution in [0, 0.1) is 0 Å². The fourth-order valence-electron chi connectivity index (χ4n) is 1.79. The zero-order valence-corrected chi connectivity index (χ0v) is 12.6. The van der Waals surface area contributed by atoms with E-state index in [1.807, 2.05) is 39.0 Å². The Morgan fingerprint density at radius 1 is 1.35 bits per heavy atom. The fraction of sp³-hybridized carbons (Fsp3) is 0.333. The molecule has 1 amide bonds. The maximum absolute atomic E-state index is 12.0. The molecule has 0 aliphatic heterocycles. The molecule has 0 fully saturated rings. The van der Waals surface area contributed by atoms with Gasteiger partial charge in [0.15, 0.2) is 0 Å². The molecule has 0 saturated carbocycles. The summed E-state index contributed by atoms with van der Waals surface area (Å²) in [5.41, 5.74) is 1.27. The molecule has 0 saturated heterocycles. The second-order valence-corrected chi connectivity index (χ2v) is 6.12. The van der Waals surface area contributed by atoms with Crippen LogP contribution in [0.25, 0.3) is 10.9 Å². The van der Waals surface area contributed by atoms with Gasteiger partial charge in [-0.05, 0) is 39.0 Å². The normalized spacial score (nSPS) is 11.6. The van der Waals surface area contributed by atoms with E-state index in [-0.39, 0.29) is 18.0 Å². The largest absolute Gasteiger partial charge is 0.323 e. The van der Waals surface area contributed by atoms with Crippen molar-refractivity contribution in [2.24, 2.45) is 0 Å². The number of halogens is 1. The Morgan fingerprint density at radius 2 is 2.10 bits per heavy atom. The average Bonchev–Trinajstić information content (AvgIpc) is 2.35. The number of rotatable bonds is 3. The standard InChI is InChI=1S/C15H18ClN3O/c1-15(2,3)18-9-13(20)19-12-8-11(16)7-10-5-4-6-17-14(10)12/h4-8,18H,9H2,1-3H3,(H,19,20). The van der Waals surface area contributed by atoms with Gasteiger partial charge in [-0.25, -0.2) is 0 Å². The Morgan fingerprint density at radius 3 is 2.80 bits per heavy atom. The van der Waals surface area contributed by atoms with Gasteiger partial charge in [0, 0.05) is 22.1 Å². The molecule has 4 nitrogen and oxygen atoms in total. The van der Waals surface area contributed by atoms with E-state index in [4.69, 9.17) is 11.6 Å². The van der Waals surface area contributed by atoms with Crippen LogP contribution in [0.1, 0.15) is 20.8 Å². The average molecular weight is 292 g/mol. The molecule has 0 unspecified atom stereocenters. The van der Waals surface area contributed by atoms with E-state index in [1.54, 1.807) is 12.3 Å². The summed E-state index contributed by atoms with van der Waals surface area (Å²) in [5.74, 6) is -0.117. The first-order chi connectivity index (χ1) is 9.35. The predicted octanol–water partition coefficient (Wildman–Crippen LogP) is 3.21. The Kier molecular flexibility index (Phi) is 4.26. The molecule has 5 heteroatoms. The van der Waals surface area contributed by atoms with Gasteiger partial charge in [-0.15, -0.1) is 0 Å². The number of nitrogens with one attached hydrogen (secondary N) is 2. The highest BCUT2D eigenvalue weighted by Gasteiger charge is 2.13. The van der Waals surface area contributed by atoms with E-state index in [0.29, 0.717) is 10.7 Å². The predicted molar refractivity (Wildman–Crippen MR) is 83.1 cm³/mol. The SMILES string of the molecule is CC(C)(C)NCC(=O)Nc1cc(Cl)cc2cccnc12. The highest BCUT2D eigenvalue weighted by atomic mass is 35.5. The lowest BCUT2D eigenvalue weighted by Gasteiger charge is -2.20. The summed E-state index contributed by atoms with van der Waals surface area (Å²) >= 11 is 6.06. The number of nitrogens with zero attached hydrogens (tertiary/aromatic N) is 1. The van der Waals surface area contributed by atoms with Crippen molar-refractivity contribution in [2.45, 2.75) is 26.3 Å². The van der Waals surface area contributed by atoms with Crippen molar-refractivity contribution in [1.29, 1.82) is 0 Å². The Hall–Kier alpha value is -1.65. The van der Waals surface area contributed by atoms with E-state index < -0.39 is 0 Å². The van der Waals surface area contributed by atoms with Crippen LogP contribution in [-0.4, -0.2) is 23.0 Å². The van der Waals surface area contributed by atoms with Gasteiger partial charge in [0.05, 0.1) is 17.7 Å². The van der Waals surface area contributed by atoms with Gasteiger partial charge >= 0.3 is 0 Å². The van der Waals surface area contributed by atoms with Crippen molar-refractivity contribution >= 4 is 34.1 Å². The van der Waals surface area contributed by atoms with Gasteiger partial charge in [-0.1, -0.05) is 17.7 Å². The molecular weight excluding hydrogens is 274 g/mol.